The summed E-state index contributed by atoms with van der Waals surface area (Å²) >= 11 is 0. The fourth-order valence-corrected chi connectivity index (χ4v) is 3.60. The van der Waals surface area contributed by atoms with Gasteiger partial charge in [-0.15, -0.1) is 5.10 Å². The van der Waals surface area contributed by atoms with E-state index in [1.165, 1.54) is 47.1 Å². The number of aromatic nitrogens is 3. The van der Waals surface area contributed by atoms with Crippen LogP contribution in [0, 0.1) is 17.5 Å². The van der Waals surface area contributed by atoms with E-state index in [1.807, 2.05) is 0 Å². The van der Waals surface area contributed by atoms with E-state index in [1.54, 1.807) is 48.5 Å². The Labute approximate surface area is 210 Å². The predicted molar refractivity (Wildman–Crippen MR) is 132 cm³/mol. The first-order valence-electron chi connectivity index (χ1n) is 11.2. The highest BCUT2D eigenvalue weighted by atomic mass is 19.1. The van der Waals surface area contributed by atoms with Crippen LogP contribution >= 0.6 is 0 Å². The second-order valence-corrected chi connectivity index (χ2v) is 8.07. The summed E-state index contributed by atoms with van der Waals surface area (Å²) in [5, 5.41) is 7.14. The van der Waals surface area contributed by atoms with Crippen LogP contribution in [0.4, 0.5) is 18.9 Å². The summed E-state index contributed by atoms with van der Waals surface area (Å²) < 4.78 is 47.8. The van der Waals surface area contributed by atoms with Gasteiger partial charge in [0, 0.05) is 16.8 Å². The van der Waals surface area contributed by atoms with Crippen LogP contribution in [0.3, 0.4) is 0 Å². The molecule has 5 rings (SSSR count). The maximum absolute atomic E-state index is 14.0. The standard InChI is InChI=1S/C28H19F3N4O2/c29-21-9-7-18(8-10-21)17-37-28-33-26(19-3-1-5-22(30)15-19)35(34-28)25-13-11-24(12-14-25)32-27(36)20-4-2-6-23(31)16-20/h1-16H,17H2,(H,32,36). The number of carbonyl (C=O) groups is 1. The van der Waals surface area contributed by atoms with Gasteiger partial charge in [0.15, 0.2) is 5.82 Å². The van der Waals surface area contributed by atoms with Crippen LogP contribution in [0.2, 0.25) is 0 Å². The van der Waals surface area contributed by atoms with Crippen LogP contribution in [0.15, 0.2) is 97.1 Å². The maximum Gasteiger partial charge on any atom is 0.336 e. The Morgan fingerprint density at radius 1 is 0.811 bits per heavy atom. The molecule has 6 nitrogen and oxygen atoms in total. The second kappa shape index (κ2) is 10.4. The molecule has 0 aliphatic heterocycles. The maximum atomic E-state index is 14.0. The normalized spacial score (nSPS) is 10.8. The van der Waals surface area contributed by atoms with Gasteiger partial charge in [-0.2, -0.15) is 4.98 Å². The number of halogens is 3. The zero-order chi connectivity index (χ0) is 25.8. The lowest BCUT2D eigenvalue weighted by Crippen LogP contribution is -2.12. The molecule has 0 bridgehead atoms. The Kier molecular flexibility index (Phi) is 6.67. The molecular formula is C28H19F3N4O2. The van der Waals surface area contributed by atoms with Gasteiger partial charge >= 0.3 is 6.01 Å². The molecule has 1 heterocycles. The molecule has 37 heavy (non-hydrogen) atoms. The van der Waals surface area contributed by atoms with E-state index in [-0.39, 0.29) is 24.0 Å². The van der Waals surface area contributed by atoms with Gasteiger partial charge in [-0.25, -0.2) is 17.9 Å². The monoisotopic (exact) mass is 500 g/mol. The highest BCUT2D eigenvalue weighted by molar-refractivity contribution is 6.04. The van der Waals surface area contributed by atoms with Gasteiger partial charge in [-0.3, -0.25) is 4.79 Å². The van der Waals surface area contributed by atoms with Crippen molar-refractivity contribution < 1.29 is 22.7 Å². The number of hydrogen-bond donors (Lipinski definition) is 1. The third kappa shape index (κ3) is 5.67. The Balaban J connectivity index is 1.41. The van der Waals surface area contributed by atoms with Crippen LogP contribution in [-0.4, -0.2) is 20.7 Å². The van der Waals surface area contributed by atoms with E-state index in [0.29, 0.717) is 22.8 Å². The Morgan fingerprint density at radius 3 is 2.22 bits per heavy atom. The highest BCUT2D eigenvalue weighted by Gasteiger charge is 2.16. The van der Waals surface area contributed by atoms with Gasteiger partial charge in [0.1, 0.15) is 24.1 Å². The van der Waals surface area contributed by atoms with Crippen molar-refractivity contribution in [3.63, 3.8) is 0 Å². The molecule has 5 aromatic rings. The summed E-state index contributed by atoms with van der Waals surface area (Å²) in [6, 6.07) is 23.9. The summed E-state index contributed by atoms with van der Waals surface area (Å²) in [7, 11) is 0. The number of benzene rings is 4. The van der Waals surface area contributed by atoms with Crippen molar-refractivity contribution in [2.75, 3.05) is 5.32 Å². The van der Waals surface area contributed by atoms with Crippen LogP contribution in [0.5, 0.6) is 6.01 Å². The van der Waals surface area contributed by atoms with Crippen molar-refractivity contribution in [2.45, 2.75) is 6.61 Å². The van der Waals surface area contributed by atoms with E-state index in [0.717, 1.165) is 11.6 Å². The number of nitrogens with zero attached hydrogens (tertiary/aromatic N) is 3. The number of rotatable bonds is 7. The number of amides is 1. The van der Waals surface area contributed by atoms with Crippen LogP contribution in [0.25, 0.3) is 17.1 Å². The quantitative estimate of drug-likeness (QED) is 0.290. The predicted octanol–water partition coefficient (Wildman–Crippen LogP) is 6.18. The minimum absolute atomic E-state index is 0.0482. The minimum Gasteiger partial charge on any atom is -0.457 e. The third-order valence-corrected chi connectivity index (χ3v) is 5.41. The van der Waals surface area contributed by atoms with Gasteiger partial charge in [0.2, 0.25) is 0 Å². The van der Waals surface area contributed by atoms with Gasteiger partial charge in [-0.1, -0.05) is 30.3 Å². The zero-order valence-corrected chi connectivity index (χ0v) is 19.2. The Hall–Kier alpha value is -4.92. The molecule has 4 aromatic carbocycles. The van der Waals surface area contributed by atoms with Gasteiger partial charge < -0.3 is 10.1 Å². The van der Waals surface area contributed by atoms with E-state index >= 15 is 0 Å². The molecule has 0 saturated carbocycles. The lowest BCUT2D eigenvalue weighted by atomic mass is 10.2. The molecule has 0 saturated heterocycles. The van der Waals surface area contributed by atoms with Gasteiger partial charge in [0.05, 0.1) is 5.69 Å². The average molecular weight is 500 g/mol. The highest BCUT2D eigenvalue weighted by Crippen LogP contribution is 2.25. The number of nitrogens with one attached hydrogen (secondary N) is 1. The van der Waals surface area contributed by atoms with E-state index in [4.69, 9.17) is 4.74 Å². The largest absolute Gasteiger partial charge is 0.457 e. The number of ether oxygens (including phenoxy) is 1. The smallest absolute Gasteiger partial charge is 0.336 e. The molecule has 0 aliphatic rings. The molecule has 1 aromatic heterocycles. The molecule has 0 fully saturated rings. The summed E-state index contributed by atoms with van der Waals surface area (Å²) in [6.07, 6.45) is 0. The van der Waals surface area contributed by atoms with E-state index in [9.17, 15) is 18.0 Å². The molecule has 9 heteroatoms. The Bertz CT molecular complexity index is 1550. The summed E-state index contributed by atoms with van der Waals surface area (Å²) in [5.41, 5.74) is 2.46. The molecule has 0 radical (unpaired) electrons. The van der Waals surface area contributed by atoms with Crippen LogP contribution < -0.4 is 10.1 Å². The van der Waals surface area contributed by atoms with Crippen LogP contribution in [-0.2, 0) is 6.61 Å². The number of hydrogen-bond acceptors (Lipinski definition) is 4. The van der Waals surface area contributed by atoms with Crippen molar-refractivity contribution in [1.82, 2.24) is 14.8 Å². The van der Waals surface area contributed by atoms with Crippen molar-refractivity contribution in [3.05, 3.63) is 126 Å². The molecule has 0 atom stereocenters. The molecule has 1 amide bonds. The fraction of sp³-hybridized carbons (Fsp3) is 0.0357. The molecule has 1 N–H and O–H groups in total. The fourth-order valence-electron chi connectivity index (χ4n) is 3.60. The number of anilines is 1. The van der Waals surface area contributed by atoms with Gasteiger partial charge in [0.25, 0.3) is 5.91 Å². The topological polar surface area (TPSA) is 69.0 Å². The molecular weight excluding hydrogens is 481 g/mol. The zero-order valence-electron chi connectivity index (χ0n) is 19.2. The second-order valence-electron chi connectivity index (χ2n) is 8.07. The first kappa shape index (κ1) is 23.8. The Morgan fingerprint density at radius 2 is 1.51 bits per heavy atom. The lowest BCUT2D eigenvalue weighted by molar-refractivity contribution is 0.102. The minimum atomic E-state index is -0.503. The average Bonchev–Trinajstić information content (AvgIpc) is 3.33. The third-order valence-electron chi connectivity index (χ3n) is 5.41. The first-order valence-corrected chi connectivity index (χ1v) is 11.2. The van der Waals surface area contributed by atoms with Crippen molar-refractivity contribution in [3.8, 4) is 23.1 Å². The van der Waals surface area contributed by atoms with Crippen LogP contribution in [0.1, 0.15) is 15.9 Å². The lowest BCUT2D eigenvalue weighted by Gasteiger charge is -2.09. The van der Waals surface area contributed by atoms with Crippen molar-refractivity contribution >= 4 is 11.6 Å². The van der Waals surface area contributed by atoms with Gasteiger partial charge in [-0.05, 0) is 72.3 Å². The number of carbonyl (C=O) groups excluding carboxylic acids is 1. The first-order chi connectivity index (χ1) is 17.9. The molecule has 0 spiro atoms. The molecule has 0 aliphatic carbocycles. The van der Waals surface area contributed by atoms with E-state index in [2.05, 4.69) is 15.4 Å². The molecule has 0 unspecified atom stereocenters. The summed E-state index contributed by atoms with van der Waals surface area (Å²) in [6.45, 7) is 0.109. The molecule has 184 valence electrons. The van der Waals surface area contributed by atoms with E-state index < -0.39 is 17.5 Å². The SMILES string of the molecule is O=C(Nc1ccc(-n2nc(OCc3ccc(F)cc3)nc2-c2cccc(F)c2)cc1)c1cccc(F)c1. The van der Waals surface area contributed by atoms with Crippen molar-refractivity contribution in [2.24, 2.45) is 0 Å². The van der Waals surface area contributed by atoms with Crippen molar-refractivity contribution in [1.29, 1.82) is 0 Å². The summed E-state index contributed by atoms with van der Waals surface area (Å²) in [5.74, 6) is -1.40. The summed E-state index contributed by atoms with van der Waals surface area (Å²) in [4.78, 5) is 16.9.